The lowest BCUT2D eigenvalue weighted by molar-refractivity contribution is 0.0974. The van der Waals surface area contributed by atoms with E-state index in [0.717, 1.165) is 16.7 Å². The van der Waals surface area contributed by atoms with Crippen LogP contribution in [0, 0.1) is 0 Å². The zero-order chi connectivity index (χ0) is 17.6. The fourth-order valence-corrected chi connectivity index (χ4v) is 2.91. The highest BCUT2D eigenvalue weighted by Crippen LogP contribution is 2.31. The van der Waals surface area contributed by atoms with Crippen LogP contribution in [0.15, 0.2) is 60.9 Å². The molecule has 3 aromatic rings. The molecule has 3 rings (SSSR count). The maximum absolute atomic E-state index is 12.7. The number of hydrogen-bond acceptors (Lipinski definition) is 4. The third-order valence-electron chi connectivity index (χ3n) is 4.32. The average molecular weight is 335 g/mol. The highest BCUT2D eigenvalue weighted by atomic mass is 16.5. The molecule has 1 atom stereocenters. The molecular weight excluding hydrogens is 314 g/mol. The molecule has 0 saturated heterocycles. The van der Waals surface area contributed by atoms with Crippen LogP contribution in [0.3, 0.4) is 0 Å². The van der Waals surface area contributed by atoms with Crippen molar-refractivity contribution < 1.29 is 9.53 Å². The van der Waals surface area contributed by atoms with Gasteiger partial charge in [-0.25, -0.2) is 0 Å². The molecule has 2 aromatic carbocycles. The molecule has 0 aliphatic rings. The van der Waals surface area contributed by atoms with E-state index in [-0.39, 0.29) is 11.7 Å². The van der Waals surface area contributed by atoms with Gasteiger partial charge in [0.15, 0.2) is 5.78 Å². The summed E-state index contributed by atoms with van der Waals surface area (Å²) in [5.41, 5.74) is 9.41. The van der Waals surface area contributed by atoms with Crippen LogP contribution in [0.1, 0.15) is 28.3 Å². The van der Waals surface area contributed by atoms with E-state index in [1.165, 1.54) is 0 Å². The summed E-state index contributed by atoms with van der Waals surface area (Å²) in [6.45, 7) is 0.431. The first-order chi connectivity index (χ1) is 12.2. The van der Waals surface area contributed by atoms with E-state index in [4.69, 9.17) is 10.5 Å². The van der Waals surface area contributed by atoms with Crippen molar-refractivity contribution in [3.63, 3.8) is 0 Å². The van der Waals surface area contributed by atoms with Crippen molar-refractivity contribution in [1.82, 2.24) is 10.2 Å². The summed E-state index contributed by atoms with van der Waals surface area (Å²) >= 11 is 0. The number of hydrogen-bond donors (Lipinski definition) is 2. The Morgan fingerprint density at radius 1 is 1.24 bits per heavy atom. The van der Waals surface area contributed by atoms with Gasteiger partial charge in [-0.2, -0.15) is 5.10 Å². The predicted molar refractivity (Wildman–Crippen MR) is 97.8 cm³/mol. The Balaban J connectivity index is 1.82. The number of H-pyrrole nitrogens is 1. The smallest absolute Gasteiger partial charge is 0.163 e. The zero-order valence-corrected chi connectivity index (χ0v) is 14.1. The number of benzene rings is 2. The Morgan fingerprint density at radius 2 is 2.04 bits per heavy atom. The second-order valence-electron chi connectivity index (χ2n) is 5.87. The SMILES string of the molecule is COc1cc(C(=O)C[C@H](CN)c2ccccc2)ccc1-c1cn[nH]c1. The first kappa shape index (κ1) is 16.9. The van der Waals surface area contributed by atoms with Gasteiger partial charge >= 0.3 is 0 Å². The maximum atomic E-state index is 12.7. The topological polar surface area (TPSA) is 81.0 Å². The number of rotatable bonds is 7. The summed E-state index contributed by atoms with van der Waals surface area (Å²) < 4.78 is 5.46. The average Bonchev–Trinajstić information content (AvgIpc) is 3.20. The molecule has 5 heteroatoms. The number of aromatic nitrogens is 2. The van der Waals surface area contributed by atoms with Gasteiger partial charge in [-0.3, -0.25) is 9.89 Å². The number of ether oxygens (including phenoxy) is 1. The number of ketones is 1. The number of nitrogens with one attached hydrogen (secondary N) is 1. The fourth-order valence-electron chi connectivity index (χ4n) is 2.91. The molecule has 0 aliphatic heterocycles. The molecule has 0 aliphatic carbocycles. The van der Waals surface area contributed by atoms with Gasteiger partial charge in [0, 0.05) is 35.2 Å². The highest BCUT2D eigenvalue weighted by Gasteiger charge is 2.17. The fraction of sp³-hybridized carbons (Fsp3) is 0.200. The summed E-state index contributed by atoms with van der Waals surface area (Å²) in [6, 6.07) is 15.4. The second kappa shape index (κ2) is 7.77. The molecule has 0 bridgehead atoms. The summed E-state index contributed by atoms with van der Waals surface area (Å²) in [6.07, 6.45) is 3.88. The Labute approximate surface area is 146 Å². The third-order valence-corrected chi connectivity index (χ3v) is 4.32. The highest BCUT2D eigenvalue weighted by molar-refractivity contribution is 5.97. The molecule has 3 N–H and O–H groups in total. The van der Waals surface area contributed by atoms with Crippen molar-refractivity contribution in [2.24, 2.45) is 5.73 Å². The van der Waals surface area contributed by atoms with Crippen LogP contribution in [-0.4, -0.2) is 29.6 Å². The van der Waals surface area contributed by atoms with Gasteiger partial charge < -0.3 is 10.5 Å². The van der Waals surface area contributed by atoms with Gasteiger partial charge in [-0.05, 0) is 24.2 Å². The number of aromatic amines is 1. The molecule has 5 nitrogen and oxygen atoms in total. The number of methoxy groups -OCH3 is 1. The number of carbonyl (C=O) groups is 1. The quantitative estimate of drug-likeness (QED) is 0.648. The minimum atomic E-state index is 0.00763. The summed E-state index contributed by atoms with van der Waals surface area (Å²) in [5, 5.41) is 6.74. The Morgan fingerprint density at radius 3 is 2.68 bits per heavy atom. The van der Waals surface area contributed by atoms with Crippen LogP contribution >= 0.6 is 0 Å². The first-order valence-electron chi connectivity index (χ1n) is 8.18. The van der Waals surface area contributed by atoms with Crippen LogP contribution in [0.2, 0.25) is 0 Å². The molecule has 1 aromatic heterocycles. The van der Waals surface area contributed by atoms with Crippen LogP contribution in [0.5, 0.6) is 5.75 Å². The summed E-state index contributed by atoms with van der Waals surface area (Å²) in [7, 11) is 1.60. The van der Waals surface area contributed by atoms with Gasteiger partial charge in [0.05, 0.1) is 13.3 Å². The van der Waals surface area contributed by atoms with Gasteiger partial charge in [-0.15, -0.1) is 0 Å². The maximum Gasteiger partial charge on any atom is 0.163 e. The largest absolute Gasteiger partial charge is 0.496 e. The van der Waals surface area contributed by atoms with Gasteiger partial charge in [0.1, 0.15) is 5.75 Å². The van der Waals surface area contributed by atoms with E-state index in [0.29, 0.717) is 24.3 Å². The second-order valence-corrected chi connectivity index (χ2v) is 5.87. The Bertz CT molecular complexity index is 829. The third kappa shape index (κ3) is 3.78. The van der Waals surface area contributed by atoms with Gasteiger partial charge in [-0.1, -0.05) is 36.4 Å². The zero-order valence-electron chi connectivity index (χ0n) is 14.1. The number of Topliss-reactive ketones (excluding diaryl/α,β-unsaturated/α-hetero) is 1. The van der Waals surface area contributed by atoms with Gasteiger partial charge in [0.25, 0.3) is 0 Å². The lowest BCUT2D eigenvalue weighted by atomic mass is 9.91. The lowest BCUT2D eigenvalue weighted by Crippen LogP contribution is -2.16. The van der Waals surface area contributed by atoms with Crippen molar-refractivity contribution in [2.75, 3.05) is 13.7 Å². The van der Waals surface area contributed by atoms with E-state index in [1.807, 2.05) is 42.5 Å². The predicted octanol–water partition coefficient (Wildman–Crippen LogP) is 3.40. The van der Waals surface area contributed by atoms with Crippen molar-refractivity contribution in [2.45, 2.75) is 12.3 Å². The lowest BCUT2D eigenvalue weighted by Gasteiger charge is -2.15. The van der Waals surface area contributed by atoms with E-state index < -0.39 is 0 Å². The molecule has 128 valence electrons. The van der Waals surface area contributed by atoms with Crippen molar-refractivity contribution in [3.05, 3.63) is 72.1 Å². The molecule has 0 amide bonds. The number of carbonyl (C=O) groups excluding carboxylic acids is 1. The molecule has 25 heavy (non-hydrogen) atoms. The van der Waals surface area contributed by atoms with E-state index >= 15 is 0 Å². The van der Waals surface area contributed by atoms with Crippen molar-refractivity contribution in [1.29, 1.82) is 0 Å². The standard InChI is InChI=1S/C20H21N3O2/c1-25-20-10-15(7-8-18(20)17-12-22-23-13-17)19(24)9-16(11-21)14-5-3-2-4-6-14/h2-8,10,12-13,16H,9,11,21H2,1H3,(H,22,23)/t16-/m1/s1. The monoisotopic (exact) mass is 335 g/mol. The van der Waals surface area contributed by atoms with E-state index in [2.05, 4.69) is 10.2 Å². The molecule has 0 spiro atoms. The number of nitrogens with two attached hydrogens (primary N) is 1. The summed E-state index contributed by atoms with van der Waals surface area (Å²) in [5.74, 6) is 0.709. The van der Waals surface area contributed by atoms with Gasteiger partial charge in [0.2, 0.25) is 0 Å². The Kier molecular flexibility index (Phi) is 5.26. The summed E-state index contributed by atoms with van der Waals surface area (Å²) in [4.78, 5) is 12.7. The Hall–Kier alpha value is -2.92. The van der Waals surface area contributed by atoms with Crippen LogP contribution in [-0.2, 0) is 0 Å². The van der Waals surface area contributed by atoms with E-state index in [9.17, 15) is 4.79 Å². The molecule has 1 heterocycles. The van der Waals surface area contributed by atoms with Crippen molar-refractivity contribution in [3.8, 4) is 16.9 Å². The minimum Gasteiger partial charge on any atom is -0.496 e. The molecular formula is C20H21N3O2. The molecule has 0 radical (unpaired) electrons. The first-order valence-corrected chi connectivity index (χ1v) is 8.18. The van der Waals surface area contributed by atoms with E-state index in [1.54, 1.807) is 25.6 Å². The number of nitrogens with zero attached hydrogens (tertiary/aromatic N) is 1. The van der Waals surface area contributed by atoms with Crippen LogP contribution < -0.4 is 10.5 Å². The molecule has 0 fully saturated rings. The van der Waals surface area contributed by atoms with Crippen LogP contribution in [0.25, 0.3) is 11.1 Å². The van der Waals surface area contributed by atoms with Crippen molar-refractivity contribution >= 4 is 5.78 Å². The normalized spacial score (nSPS) is 11.9. The minimum absolute atomic E-state index is 0.00763. The molecule has 0 unspecified atom stereocenters. The van der Waals surface area contributed by atoms with Crippen LogP contribution in [0.4, 0.5) is 0 Å². The molecule has 0 saturated carbocycles.